The Morgan fingerprint density at radius 3 is 2.40 bits per heavy atom. The van der Waals surface area contributed by atoms with E-state index in [1.54, 1.807) is 12.1 Å². The van der Waals surface area contributed by atoms with Crippen molar-refractivity contribution in [1.82, 2.24) is 4.31 Å². The molecule has 1 amide bonds. The predicted octanol–water partition coefficient (Wildman–Crippen LogP) is 1.75. The number of nitrogens with zero attached hydrogens (tertiary/aromatic N) is 1. The maximum atomic E-state index is 13.1. The highest BCUT2D eigenvalue weighted by atomic mass is 32.2. The van der Waals surface area contributed by atoms with Crippen molar-refractivity contribution in [2.75, 3.05) is 45.8 Å². The fourth-order valence-corrected chi connectivity index (χ4v) is 4.58. The van der Waals surface area contributed by atoms with Crippen LogP contribution >= 0.6 is 0 Å². The van der Waals surface area contributed by atoms with Gasteiger partial charge in [0.25, 0.3) is 5.91 Å². The minimum Gasteiger partial charge on any atom is -0.495 e. The SMILES string of the molecule is COC(=O)c1cccc(C(=O)Nc2ccc(OC)c(S(=O)(=O)N3CCOCC3)c2)c1. The third-order valence-electron chi connectivity index (χ3n) is 4.56. The highest BCUT2D eigenvalue weighted by molar-refractivity contribution is 7.89. The molecular weight excluding hydrogens is 412 g/mol. The van der Waals surface area contributed by atoms with Gasteiger partial charge in [-0.1, -0.05) is 6.07 Å². The number of rotatable bonds is 6. The molecular formula is C20H22N2O7S. The molecule has 1 heterocycles. The molecule has 0 unspecified atom stereocenters. The van der Waals surface area contributed by atoms with Crippen LogP contribution in [0.15, 0.2) is 47.4 Å². The van der Waals surface area contributed by atoms with Crippen molar-refractivity contribution in [1.29, 1.82) is 0 Å². The lowest BCUT2D eigenvalue weighted by molar-refractivity contribution is 0.0600. The number of nitrogens with one attached hydrogen (secondary N) is 1. The van der Waals surface area contributed by atoms with Crippen molar-refractivity contribution in [2.45, 2.75) is 4.90 Å². The molecule has 1 saturated heterocycles. The number of morpholine rings is 1. The van der Waals surface area contributed by atoms with Crippen LogP contribution in [0.2, 0.25) is 0 Å². The molecule has 0 aromatic heterocycles. The third-order valence-corrected chi connectivity index (χ3v) is 6.48. The number of hydrogen-bond donors (Lipinski definition) is 1. The van der Waals surface area contributed by atoms with Gasteiger partial charge in [0.1, 0.15) is 10.6 Å². The van der Waals surface area contributed by atoms with E-state index in [4.69, 9.17) is 9.47 Å². The first-order chi connectivity index (χ1) is 14.4. The topological polar surface area (TPSA) is 111 Å². The number of carbonyl (C=O) groups excluding carboxylic acids is 2. The molecule has 9 nitrogen and oxygen atoms in total. The van der Waals surface area contributed by atoms with E-state index in [-0.39, 0.29) is 40.5 Å². The summed E-state index contributed by atoms with van der Waals surface area (Å²) in [7, 11) is -1.20. The Balaban J connectivity index is 1.88. The van der Waals surface area contributed by atoms with Crippen LogP contribution in [-0.2, 0) is 19.5 Å². The van der Waals surface area contributed by atoms with E-state index in [0.717, 1.165) is 0 Å². The van der Waals surface area contributed by atoms with Gasteiger partial charge in [-0.2, -0.15) is 4.31 Å². The van der Waals surface area contributed by atoms with Crippen LogP contribution in [0.5, 0.6) is 5.75 Å². The Morgan fingerprint density at radius 2 is 1.73 bits per heavy atom. The summed E-state index contributed by atoms with van der Waals surface area (Å²) in [5, 5.41) is 2.65. The zero-order chi connectivity index (χ0) is 21.7. The lowest BCUT2D eigenvalue weighted by Crippen LogP contribution is -2.40. The van der Waals surface area contributed by atoms with Crippen molar-refractivity contribution >= 4 is 27.6 Å². The van der Waals surface area contributed by atoms with Gasteiger partial charge in [-0.05, 0) is 36.4 Å². The van der Waals surface area contributed by atoms with Gasteiger partial charge >= 0.3 is 5.97 Å². The molecule has 0 aliphatic carbocycles. The average Bonchev–Trinajstić information content (AvgIpc) is 2.79. The van der Waals surface area contributed by atoms with Gasteiger partial charge in [0, 0.05) is 24.3 Å². The summed E-state index contributed by atoms with van der Waals surface area (Å²) < 4.78 is 42.5. The number of esters is 1. The molecule has 1 fully saturated rings. The lowest BCUT2D eigenvalue weighted by Gasteiger charge is -2.26. The molecule has 0 atom stereocenters. The minimum absolute atomic E-state index is 0.0481. The second kappa shape index (κ2) is 9.24. The van der Waals surface area contributed by atoms with Crippen molar-refractivity contribution in [3.63, 3.8) is 0 Å². The first-order valence-corrected chi connectivity index (χ1v) is 10.6. The number of methoxy groups -OCH3 is 2. The quantitative estimate of drug-likeness (QED) is 0.690. The van der Waals surface area contributed by atoms with Crippen LogP contribution in [0.1, 0.15) is 20.7 Å². The van der Waals surface area contributed by atoms with E-state index in [1.807, 2.05) is 0 Å². The first kappa shape index (κ1) is 21.8. The fraction of sp³-hybridized carbons (Fsp3) is 0.300. The Labute approximate surface area is 174 Å². The number of anilines is 1. The van der Waals surface area contributed by atoms with Crippen LogP contribution in [-0.4, -0.2) is 65.1 Å². The van der Waals surface area contributed by atoms with Gasteiger partial charge in [-0.3, -0.25) is 4.79 Å². The number of benzene rings is 2. The van der Waals surface area contributed by atoms with E-state index in [1.165, 1.54) is 48.9 Å². The van der Waals surface area contributed by atoms with Crippen LogP contribution in [0.4, 0.5) is 5.69 Å². The monoisotopic (exact) mass is 434 g/mol. The number of hydrogen-bond acceptors (Lipinski definition) is 7. The van der Waals surface area contributed by atoms with E-state index in [9.17, 15) is 18.0 Å². The third kappa shape index (κ3) is 4.61. The molecule has 2 aromatic carbocycles. The Hall–Kier alpha value is -2.95. The molecule has 1 N–H and O–H groups in total. The van der Waals surface area contributed by atoms with Gasteiger partial charge < -0.3 is 19.5 Å². The molecule has 160 valence electrons. The van der Waals surface area contributed by atoms with E-state index in [2.05, 4.69) is 10.1 Å². The van der Waals surface area contributed by atoms with Crippen molar-refractivity contribution < 1.29 is 32.2 Å². The molecule has 0 spiro atoms. The van der Waals surface area contributed by atoms with Crippen LogP contribution in [0.25, 0.3) is 0 Å². The summed E-state index contributed by atoms with van der Waals surface area (Å²) in [5.41, 5.74) is 0.734. The van der Waals surface area contributed by atoms with Gasteiger partial charge in [-0.15, -0.1) is 0 Å². The maximum absolute atomic E-state index is 13.1. The largest absolute Gasteiger partial charge is 0.495 e. The van der Waals surface area contributed by atoms with Crippen LogP contribution in [0.3, 0.4) is 0 Å². The van der Waals surface area contributed by atoms with Crippen LogP contribution < -0.4 is 10.1 Å². The molecule has 1 aliphatic heterocycles. The summed E-state index contributed by atoms with van der Waals surface area (Å²) in [6, 6.07) is 10.4. The van der Waals surface area contributed by atoms with Gasteiger partial charge in [0.2, 0.25) is 10.0 Å². The van der Waals surface area contributed by atoms with Gasteiger partial charge in [-0.25, -0.2) is 13.2 Å². The molecule has 0 bridgehead atoms. The molecule has 2 aromatic rings. The molecule has 3 rings (SSSR count). The minimum atomic E-state index is -3.83. The first-order valence-electron chi connectivity index (χ1n) is 9.12. The molecule has 0 radical (unpaired) electrons. The number of amides is 1. The Bertz CT molecular complexity index is 1050. The van der Waals surface area contributed by atoms with E-state index in [0.29, 0.717) is 13.2 Å². The van der Waals surface area contributed by atoms with Crippen molar-refractivity contribution in [3.05, 3.63) is 53.6 Å². The molecule has 30 heavy (non-hydrogen) atoms. The average molecular weight is 434 g/mol. The normalized spacial score (nSPS) is 14.7. The number of carbonyl (C=O) groups is 2. The second-order valence-corrected chi connectivity index (χ2v) is 8.31. The summed E-state index contributed by atoms with van der Waals surface area (Å²) in [6.07, 6.45) is 0. The summed E-state index contributed by atoms with van der Waals surface area (Å²) in [6.45, 7) is 1.10. The fourth-order valence-electron chi connectivity index (χ4n) is 2.99. The zero-order valence-corrected chi connectivity index (χ0v) is 17.4. The second-order valence-electron chi connectivity index (χ2n) is 6.41. The van der Waals surface area contributed by atoms with Gasteiger partial charge in [0.05, 0.1) is 33.0 Å². The molecule has 0 saturated carbocycles. The van der Waals surface area contributed by atoms with E-state index >= 15 is 0 Å². The Kier molecular flexibility index (Phi) is 6.70. The highest BCUT2D eigenvalue weighted by Crippen LogP contribution is 2.30. The predicted molar refractivity (Wildman–Crippen MR) is 108 cm³/mol. The summed E-state index contributed by atoms with van der Waals surface area (Å²) >= 11 is 0. The van der Waals surface area contributed by atoms with Gasteiger partial charge in [0.15, 0.2) is 0 Å². The molecule has 10 heteroatoms. The highest BCUT2D eigenvalue weighted by Gasteiger charge is 2.29. The van der Waals surface area contributed by atoms with Crippen LogP contribution in [0, 0.1) is 0 Å². The zero-order valence-electron chi connectivity index (χ0n) is 16.6. The molecule has 1 aliphatic rings. The van der Waals surface area contributed by atoms with E-state index < -0.39 is 21.9 Å². The maximum Gasteiger partial charge on any atom is 0.337 e. The standard InChI is InChI=1S/C20H22N2O7S/c1-27-17-7-6-16(13-18(17)30(25,26)22-8-10-29-11-9-22)21-19(23)14-4-3-5-15(12-14)20(24)28-2/h3-7,12-13H,8-11H2,1-2H3,(H,21,23). The lowest BCUT2D eigenvalue weighted by atomic mass is 10.1. The Morgan fingerprint density at radius 1 is 1.03 bits per heavy atom. The number of ether oxygens (including phenoxy) is 3. The smallest absolute Gasteiger partial charge is 0.337 e. The van der Waals surface area contributed by atoms with Crippen molar-refractivity contribution in [3.8, 4) is 5.75 Å². The van der Waals surface area contributed by atoms with Crippen molar-refractivity contribution in [2.24, 2.45) is 0 Å². The number of sulfonamides is 1. The summed E-state index contributed by atoms with van der Waals surface area (Å²) in [5.74, 6) is -0.888. The summed E-state index contributed by atoms with van der Waals surface area (Å²) in [4.78, 5) is 24.2.